The van der Waals surface area contributed by atoms with Gasteiger partial charge in [-0.25, -0.2) is 4.79 Å². The molecule has 1 saturated heterocycles. The van der Waals surface area contributed by atoms with E-state index in [1.54, 1.807) is 11.8 Å². The minimum Gasteiger partial charge on any atom is -0.481 e. The average Bonchev–Trinajstić information content (AvgIpc) is 3.29. The average molecular weight is 463 g/mol. The number of fused-ring (bicyclic) bond motifs is 3. The van der Waals surface area contributed by atoms with Gasteiger partial charge in [0, 0.05) is 19.0 Å². The summed E-state index contributed by atoms with van der Waals surface area (Å²) in [6, 6.07) is 16.3. The highest BCUT2D eigenvalue weighted by Gasteiger charge is 2.54. The predicted molar refractivity (Wildman–Crippen MR) is 126 cm³/mol. The molecule has 2 aromatic rings. The molecule has 178 valence electrons. The van der Waals surface area contributed by atoms with Gasteiger partial charge in [-0.2, -0.15) is 0 Å². The second kappa shape index (κ2) is 8.15. The molecule has 1 saturated carbocycles. The predicted octanol–water partition coefficient (Wildman–Crippen LogP) is 4.02. The van der Waals surface area contributed by atoms with Gasteiger partial charge in [-0.05, 0) is 54.4 Å². The molecule has 7 nitrogen and oxygen atoms in total. The molecule has 5 rings (SSSR count). The molecule has 0 bridgehead atoms. The minimum absolute atomic E-state index is 0.0538. The summed E-state index contributed by atoms with van der Waals surface area (Å²) in [7, 11) is 0. The first-order valence-corrected chi connectivity index (χ1v) is 11.9. The van der Waals surface area contributed by atoms with Crippen LogP contribution in [-0.4, -0.2) is 53.2 Å². The molecule has 7 heteroatoms. The van der Waals surface area contributed by atoms with Gasteiger partial charge in [0.15, 0.2) is 0 Å². The Hall–Kier alpha value is -3.35. The lowest BCUT2D eigenvalue weighted by Gasteiger charge is -2.42. The van der Waals surface area contributed by atoms with Crippen LogP contribution in [0.1, 0.15) is 50.2 Å². The Morgan fingerprint density at radius 2 is 1.65 bits per heavy atom. The Morgan fingerprint density at radius 3 is 2.15 bits per heavy atom. The quantitative estimate of drug-likeness (QED) is 0.700. The molecule has 3 aliphatic rings. The summed E-state index contributed by atoms with van der Waals surface area (Å²) in [5.41, 5.74) is 2.58. The van der Waals surface area contributed by atoms with E-state index >= 15 is 0 Å². The van der Waals surface area contributed by atoms with Crippen LogP contribution in [-0.2, 0) is 14.3 Å². The molecule has 2 aromatic carbocycles. The van der Waals surface area contributed by atoms with Crippen LogP contribution in [0.3, 0.4) is 0 Å². The lowest BCUT2D eigenvalue weighted by Crippen LogP contribution is -2.63. The molecule has 0 unspecified atom stereocenters. The first-order valence-electron chi connectivity index (χ1n) is 11.9. The van der Waals surface area contributed by atoms with Crippen LogP contribution in [0.4, 0.5) is 4.79 Å². The maximum Gasteiger partial charge on any atom is 0.408 e. The van der Waals surface area contributed by atoms with Crippen molar-refractivity contribution in [1.29, 1.82) is 0 Å². The Kier molecular flexibility index (Phi) is 5.38. The van der Waals surface area contributed by atoms with E-state index in [0.717, 1.165) is 28.7 Å². The highest BCUT2D eigenvalue weighted by Crippen LogP contribution is 2.45. The second-order valence-corrected chi connectivity index (χ2v) is 10.2. The number of nitrogens with zero attached hydrogens (tertiary/aromatic N) is 1. The number of nitrogens with one attached hydrogen (secondary N) is 1. The number of ether oxygens (including phenoxy) is 1. The van der Waals surface area contributed by atoms with Crippen molar-refractivity contribution in [3.05, 3.63) is 59.7 Å². The minimum atomic E-state index is -1.01. The van der Waals surface area contributed by atoms with Gasteiger partial charge in [-0.1, -0.05) is 55.5 Å². The normalized spacial score (nSPS) is 24.6. The SMILES string of the molecule is C[C@@H]1CN(C(=O)C2(NC(=O)OCC3c4ccccc4-c4ccccc43)CCC2)C[C@@]1(C)C(=O)O. The zero-order chi connectivity index (χ0) is 24.1. The van der Waals surface area contributed by atoms with Crippen molar-refractivity contribution < 1.29 is 24.2 Å². The fourth-order valence-corrected chi connectivity index (χ4v) is 5.64. The molecule has 0 spiro atoms. The summed E-state index contributed by atoms with van der Waals surface area (Å²) in [6.07, 6.45) is 1.29. The second-order valence-electron chi connectivity index (χ2n) is 10.2. The number of benzene rings is 2. The van der Waals surface area contributed by atoms with Crippen molar-refractivity contribution in [2.45, 2.75) is 44.6 Å². The molecule has 1 heterocycles. The Bertz CT molecular complexity index is 1110. The number of hydrogen-bond acceptors (Lipinski definition) is 4. The van der Waals surface area contributed by atoms with Crippen LogP contribution < -0.4 is 5.32 Å². The number of carboxylic acid groups (broad SMARTS) is 1. The number of carboxylic acids is 1. The van der Waals surface area contributed by atoms with Crippen LogP contribution >= 0.6 is 0 Å². The number of alkyl carbamates (subject to hydrolysis) is 1. The molecule has 0 aromatic heterocycles. The number of likely N-dealkylation sites (tertiary alicyclic amines) is 1. The molecule has 2 aliphatic carbocycles. The van der Waals surface area contributed by atoms with Crippen LogP contribution in [0.5, 0.6) is 0 Å². The zero-order valence-electron chi connectivity index (χ0n) is 19.5. The Balaban J connectivity index is 1.27. The Morgan fingerprint density at radius 1 is 1.06 bits per heavy atom. The third kappa shape index (κ3) is 3.45. The number of carbonyl (C=O) groups is 3. The summed E-state index contributed by atoms with van der Waals surface area (Å²) >= 11 is 0. The number of hydrogen-bond donors (Lipinski definition) is 2. The molecule has 2 fully saturated rings. The van der Waals surface area contributed by atoms with Gasteiger partial charge in [0.2, 0.25) is 5.91 Å². The Labute approximate surface area is 199 Å². The molecule has 34 heavy (non-hydrogen) atoms. The number of rotatable bonds is 5. The van der Waals surface area contributed by atoms with Gasteiger partial charge >= 0.3 is 12.1 Å². The largest absolute Gasteiger partial charge is 0.481 e. The van der Waals surface area contributed by atoms with Gasteiger partial charge in [-0.15, -0.1) is 0 Å². The smallest absolute Gasteiger partial charge is 0.408 e. The van der Waals surface area contributed by atoms with E-state index in [1.165, 1.54) is 0 Å². The molecule has 1 aliphatic heterocycles. The van der Waals surface area contributed by atoms with Gasteiger partial charge in [0.05, 0.1) is 5.41 Å². The van der Waals surface area contributed by atoms with Crippen molar-refractivity contribution in [2.24, 2.45) is 11.3 Å². The number of amides is 2. The van der Waals surface area contributed by atoms with Crippen LogP contribution in [0, 0.1) is 11.3 Å². The number of aliphatic carboxylic acids is 1. The van der Waals surface area contributed by atoms with E-state index in [9.17, 15) is 19.5 Å². The zero-order valence-corrected chi connectivity index (χ0v) is 19.5. The van der Waals surface area contributed by atoms with Crippen LogP contribution in [0.2, 0.25) is 0 Å². The summed E-state index contributed by atoms with van der Waals surface area (Å²) in [6.45, 7) is 4.24. The topological polar surface area (TPSA) is 95.9 Å². The van der Waals surface area contributed by atoms with E-state index < -0.39 is 23.0 Å². The van der Waals surface area contributed by atoms with Gasteiger partial charge in [0.25, 0.3) is 0 Å². The maximum absolute atomic E-state index is 13.4. The van der Waals surface area contributed by atoms with E-state index in [1.807, 2.05) is 31.2 Å². The first kappa shape index (κ1) is 22.4. The monoisotopic (exact) mass is 462 g/mol. The molecular weight excluding hydrogens is 432 g/mol. The molecule has 2 N–H and O–H groups in total. The summed E-state index contributed by atoms with van der Waals surface area (Å²) in [5, 5.41) is 12.5. The van der Waals surface area contributed by atoms with Crippen molar-refractivity contribution in [3.63, 3.8) is 0 Å². The molecule has 0 radical (unpaired) electrons. The summed E-state index contributed by atoms with van der Waals surface area (Å²) in [5.74, 6) is -1.33. The number of carbonyl (C=O) groups excluding carboxylic acids is 2. The fourth-order valence-electron chi connectivity index (χ4n) is 5.64. The van der Waals surface area contributed by atoms with E-state index in [0.29, 0.717) is 19.4 Å². The molecule has 2 atom stereocenters. The van der Waals surface area contributed by atoms with Crippen molar-refractivity contribution in [1.82, 2.24) is 10.2 Å². The first-order chi connectivity index (χ1) is 16.2. The molecule has 2 amide bonds. The standard InChI is InChI=1S/C27H30N2O5/c1-17-14-29(16-26(17,2)24(31)32)23(30)27(12-7-13-27)28-25(33)34-15-22-20-10-5-3-8-18(20)19-9-4-6-11-21(19)22/h3-6,8-11,17,22H,7,12-16H2,1-2H3,(H,28,33)(H,31,32)/t17-,26-/m1/s1. The third-order valence-corrected chi connectivity index (χ3v) is 8.18. The van der Waals surface area contributed by atoms with E-state index in [4.69, 9.17) is 4.74 Å². The van der Waals surface area contributed by atoms with Gasteiger partial charge < -0.3 is 20.1 Å². The van der Waals surface area contributed by atoms with Crippen LogP contribution in [0.25, 0.3) is 11.1 Å². The van der Waals surface area contributed by atoms with Gasteiger partial charge in [0.1, 0.15) is 12.1 Å². The summed E-state index contributed by atoms with van der Waals surface area (Å²) < 4.78 is 5.67. The van der Waals surface area contributed by atoms with E-state index in [-0.39, 0.29) is 30.9 Å². The fraction of sp³-hybridized carbons (Fsp3) is 0.444. The van der Waals surface area contributed by atoms with Crippen LogP contribution in [0.15, 0.2) is 48.5 Å². The van der Waals surface area contributed by atoms with E-state index in [2.05, 4.69) is 29.6 Å². The van der Waals surface area contributed by atoms with Crippen molar-refractivity contribution in [2.75, 3.05) is 19.7 Å². The van der Waals surface area contributed by atoms with Crippen molar-refractivity contribution >= 4 is 18.0 Å². The molecular formula is C27H30N2O5. The van der Waals surface area contributed by atoms with Gasteiger partial charge in [-0.3, -0.25) is 9.59 Å². The lowest BCUT2D eigenvalue weighted by molar-refractivity contribution is -0.149. The highest BCUT2D eigenvalue weighted by atomic mass is 16.5. The lowest BCUT2D eigenvalue weighted by atomic mass is 9.75. The maximum atomic E-state index is 13.4. The summed E-state index contributed by atoms with van der Waals surface area (Å²) in [4.78, 5) is 39.6. The third-order valence-electron chi connectivity index (χ3n) is 8.18. The highest BCUT2D eigenvalue weighted by molar-refractivity contribution is 5.92. The van der Waals surface area contributed by atoms with Crippen molar-refractivity contribution in [3.8, 4) is 11.1 Å².